The highest BCUT2D eigenvalue weighted by atomic mass is 32.2. The summed E-state index contributed by atoms with van der Waals surface area (Å²) in [5.41, 5.74) is 0.547. The maximum Gasteiger partial charge on any atom is 0.411 e. The lowest BCUT2D eigenvalue weighted by molar-refractivity contribution is -0.173. The van der Waals surface area contributed by atoms with Crippen molar-refractivity contribution in [1.82, 2.24) is 14.9 Å². The molecular weight excluding hydrogens is 311 g/mol. The molecule has 1 aromatic carbocycles. The lowest BCUT2D eigenvalue weighted by atomic mass is 10.3. The lowest BCUT2D eigenvalue weighted by Gasteiger charge is -2.09. The van der Waals surface area contributed by atoms with Crippen LogP contribution in [-0.2, 0) is 14.8 Å². The summed E-state index contributed by atoms with van der Waals surface area (Å²) in [4.78, 5) is -0.00456. The fraction of sp³-hybridized carbons (Fsp3) is 0.364. The topological polar surface area (TPSA) is 84.1 Å². The van der Waals surface area contributed by atoms with Crippen molar-refractivity contribution in [2.75, 3.05) is 19.8 Å². The summed E-state index contributed by atoms with van der Waals surface area (Å²) in [5, 5.41) is 7.15. The predicted octanol–water partition coefficient (Wildman–Crippen LogP) is 1.42. The fourth-order valence-electron chi connectivity index (χ4n) is 1.60. The monoisotopic (exact) mass is 323 g/mol. The minimum atomic E-state index is -4.43. The number of halogens is 3. The molecule has 0 bridgehead atoms. The molecule has 0 atom stereocenters. The summed E-state index contributed by atoms with van der Waals surface area (Å²) < 4.78 is 65.8. The third-order valence-corrected chi connectivity index (χ3v) is 3.99. The molecule has 0 aliphatic rings. The van der Waals surface area contributed by atoms with E-state index >= 15 is 0 Å². The first kappa shape index (κ1) is 15.7. The first-order valence-corrected chi connectivity index (χ1v) is 7.33. The number of hydrogen-bond acceptors (Lipinski definition) is 4. The van der Waals surface area contributed by atoms with Crippen LogP contribution >= 0.6 is 0 Å². The standard InChI is InChI=1S/C11H12F3N3O3S/c12-11(13,14)7-20-4-3-16-21(18,19)9-2-1-8-6-15-17-10(8)5-9/h1-2,5-6,16H,3-4,7H2,(H,15,17). The largest absolute Gasteiger partial charge is 0.411 e. The molecule has 1 heterocycles. The van der Waals surface area contributed by atoms with E-state index in [1.165, 1.54) is 12.1 Å². The molecule has 2 rings (SSSR count). The van der Waals surface area contributed by atoms with E-state index in [0.717, 1.165) is 5.39 Å². The molecule has 0 amide bonds. The molecule has 0 saturated carbocycles. The summed E-state index contributed by atoms with van der Waals surface area (Å²) in [6.45, 7) is -2.03. The molecule has 2 aromatic rings. The minimum Gasteiger partial charge on any atom is -0.371 e. The molecule has 0 saturated heterocycles. The van der Waals surface area contributed by atoms with Gasteiger partial charge in [-0.3, -0.25) is 5.10 Å². The second-order valence-corrected chi connectivity index (χ2v) is 5.95. The van der Waals surface area contributed by atoms with Gasteiger partial charge >= 0.3 is 6.18 Å². The molecule has 0 aliphatic heterocycles. The van der Waals surface area contributed by atoms with Crippen molar-refractivity contribution in [3.63, 3.8) is 0 Å². The molecule has 0 aliphatic carbocycles. The van der Waals surface area contributed by atoms with Crippen LogP contribution in [0.1, 0.15) is 0 Å². The van der Waals surface area contributed by atoms with E-state index in [2.05, 4.69) is 19.7 Å². The molecule has 21 heavy (non-hydrogen) atoms. The minimum absolute atomic E-state index is 0.00456. The maximum absolute atomic E-state index is 11.9. The molecule has 116 valence electrons. The van der Waals surface area contributed by atoms with Gasteiger partial charge in [-0.1, -0.05) is 0 Å². The van der Waals surface area contributed by atoms with Gasteiger partial charge in [-0.15, -0.1) is 0 Å². The first-order chi connectivity index (χ1) is 9.78. The van der Waals surface area contributed by atoms with Crippen LogP contribution in [0.2, 0.25) is 0 Å². The number of H-pyrrole nitrogens is 1. The van der Waals surface area contributed by atoms with E-state index < -0.39 is 22.8 Å². The zero-order valence-corrected chi connectivity index (χ0v) is 11.5. The van der Waals surface area contributed by atoms with Crippen LogP contribution in [-0.4, -0.2) is 44.5 Å². The number of benzene rings is 1. The highest BCUT2D eigenvalue weighted by molar-refractivity contribution is 7.89. The average Bonchev–Trinajstić information content (AvgIpc) is 2.83. The first-order valence-electron chi connectivity index (χ1n) is 5.85. The Hall–Kier alpha value is -1.65. The zero-order chi connectivity index (χ0) is 15.5. The van der Waals surface area contributed by atoms with Crippen LogP contribution in [0.15, 0.2) is 29.3 Å². The van der Waals surface area contributed by atoms with Crippen molar-refractivity contribution in [3.8, 4) is 0 Å². The van der Waals surface area contributed by atoms with Gasteiger partial charge in [0.25, 0.3) is 0 Å². The van der Waals surface area contributed by atoms with Gasteiger partial charge in [-0.05, 0) is 18.2 Å². The van der Waals surface area contributed by atoms with Gasteiger partial charge in [-0.25, -0.2) is 13.1 Å². The fourth-order valence-corrected chi connectivity index (χ4v) is 2.64. The quantitative estimate of drug-likeness (QED) is 0.788. The number of sulfonamides is 1. The highest BCUT2D eigenvalue weighted by Gasteiger charge is 2.27. The van der Waals surface area contributed by atoms with Crippen molar-refractivity contribution in [2.24, 2.45) is 0 Å². The third-order valence-electron chi connectivity index (χ3n) is 2.53. The molecule has 0 radical (unpaired) electrons. The van der Waals surface area contributed by atoms with E-state index in [9.17, 15) is 21.6 Å². The van der Waals surface area contributed by atoms with Crippen molar-refractivity contribution in [2.45, 2.75) is 11.1 Å². The van der Waals surface area contributed by atoms with E-state index in [4.69, 9.17) is 0 Å². The van der Waals surface area contributed by atoms with E-state index in [0.29, 0.717) is 5.52 Å². The Morgan fingerprint density at radius 1 is 1.33 bits per heavy atom. The maximum atomic E-state index is 11.9. The Bertz CT molecular complexity index is 712. The lowest BCUT2D eigenvalue weighted by Crippen LogP contribution is -2.29. The molecule has 0 fully saturated rings. The van der Waals surface area contributed by atoms with Crippen molar-refractivity contribution in [3.05, 3.63) is 24.4 Å². The predicted molar refractivity (Wildman–Crippen MR) is 68.2 cm³/mol. The molecule has 6 nitrogen and oxygen atoms in total. The number of aromatic nitrogens is 2. The summed E-state index contributed by atoms with van der Waals surface area (Å²) in [6.07, 6.45) is -2.88. The van der Waals surface area contributed by atoms with Crippen molar-refractivity contribution in [1.29, 1.82) is 0 Å². The zero-order valence-electron chi connectivity index (χ0n) is 10.6. The Morgan fingerprint density at radius 3 is 2.81 bits per heavy atom. The van der Waals surface area contributed by atoms with Gasteiger partial charge in [-0.2, -0.15) is 18.3 Å². The normalized spacial score (nSPS) is 12.9. The van der Waals surface area contributed by atoms with Crippen molar-refractivity contribution < 1.29 is 26.3 Å². The van der Waals surface area contributed by atoms with Crippen LogP contribution < -0.4 is 4.72 Å². The molecule has 2 N–H and O–H groups in total. The summed E-state index contributed by atoms with van der Waals surface area (Å²) >= 11 is 0. The third kappa shape index (κ3) is 4.41. The highest BCUT2D eigenvalue weighted by Crippen LogP contribution is 2.16. The Kier molecular flexibility index (Phi) is 4.49. The Balaban J connectivity index is 1.92. The van der Waals surface area contributed by atoms with Crippen LogP contribution in [0.5, 0.6) is 0 Å². The molecule has 0 spiro atoms. The number of ether oxygens (including phenoxy) is 1. The SMILES string of the molecule is O=S(=O)(NCCOCC(F)(F)F)c1ccc2cn[nH]c2c1. The molecule has 1 aromatic heterocycles. The smallest absolute Gasteiger partial charge is 0.371 e. The molecular formula is C11H12F3N3O3S. The number of rotatable bonds is 6. The van der Waals surface area contributed by atoms with Gasteiger partial charge in [0.05, 0.1) is 23.2 Å². The van der Waals surface area contributed by atoms with E-state index in [1.807, 2.05) is 0 Å². The van der Waals surface area contributed by atoms with Crippen LogP contribution in [0, 0.1) is 0 Å². The van der Waals surface area contributed by atoms with E-state index in [-0.39, 0.29) is 18.0 Å². The van der Waals surface area contributed by atoms with Gasteiger partial charge in [0.2, 0.25) is 10.0 Å². The number of nitrogens with one attached hydrogen (secondary N) is 2. The van der Waals surface area contributed by atoms with Gasteiger partial charge in [0.15, 0.2) is 0 Å². The van der Waals surface area contributed by atoms with E-state index in [1.54, 1.807) is 12.3 Å². The van der Waals surface area contributed by atoms with Crippen LogP contribution in [0.4, 0.5) is 13.2 Å². The number of aromatic amines is 1. The van der Waals surface area contributed by atoms with Crippen molar-refractivity contribution >= 4 is 20.9 Å². The second kappa shape index (κ2) is 6.00. The number of hydrogen-bond donors (Lipinski definition) is 2. The molecule has 10 heteroatoms. The van der Waals surface area contributed by atoms with Crippen LogP contribution in [0.3, 0.4) is 0 Å². The number of nitrogens with zero attached hydrogens (tertiary/aromatic N) is 1. The Morgan fingerprint density at radius 2 is 2.10 bits per heavy atom. The van der Waals surface area contributed by atoms with Gasteiger partial charge in [0.1, 0.15) is 6.61 Å². The molecule has 0 unspecified atom stereocenters. The summed E-state index contributed by atoms with van der Waals surface area (Å²) in [6, 6.07) is 4.35. The average molecular weight is 323 g/mol. The summed E-state index contributed by atoms with van der Waals surface area (Å²) in [5.74, 6) is 0. The van der Waals surface area contributed by atoms with Gasteiger partial charge < -0.3 is 4.74 Å². The number of fused-ring (bicyclic) bond motifs is 1. The Labute approximate surface area is 118 Å². The van der Waals surface area contributed by atoms with Gasteiger partial charge in [0, 0.05) is 11.9 Å². The number of alkyl halides is 3. The van der Waals surface area contributed by atoms with Crippen LogP contribution in [0.25, 0.3) is 10.9 Å². The summed E-state index contributed by atoms with van der Waals surface area (Å²) in [7, 11) is -3.80. The second-order valence-electron chi connectivity index (χ2n) is 4.18.